The van der Waals surface area contributed by atoms with E-state index in [1.54, 1.807) is 12.4 Å². The number of aromatic nitrogens is 2. The molecule has 16 heavy (non-hydrogen) atoms. The zero-order valence-corrected chi connectivity index (χ0v) is 9.25. The maximum atomic E-state index is 11.6. The molecule has 3 heterocycles. The molecule has 0 aromatic carbocycles. The van der Waals surface area contributed by atoms with Crippen molar-refractivity contribution in [1.82, 2.24) is 15.3 Å². The van der Waals surface area contributed by atoms with E-state index < -0.39 is 0 Å². The number of rotatable bonds is 1. The van der Waals surface area contributed by atoms with Crippen molar-refractivity contribution in [1.29, 1.82) is 0 Å². The normalized spacial score (nSPS) is 14.4. The van der Waals surface area contributed by atoms with E-state index in [0.717, 1.165) is 27.6 Å². The van der Waals surface area contributed by atoms with Crippen molar-refractivity contribution in [3.8, 4) is 10.6 Å². The molecule has 0 bridgehead atoms. The molecule has 0 spiro atoms. The number of nitrogens with one attached hydrogen (secondary N) is 1. The number of amides is 1. The van der Waals surface area contributed by atoms with Crippen molar-refractivity contribution < 1.29 is 4.79 Å². The number of carbonyl (C=O) groups excluding carboxylic acids is 1. The predicted molar refractivity (Wildman–Crippen MR) is 61.4 cm³/mol. The minimum atomic E-state index is -0.000874. The smallest absolute Gasteiger partial charge is 0.263 e. The molecule has 1 N–H and O–H groups in total. The van der Waals surface area contributed by atoms with Crippen LogP contribution in [0.15, 0.2) is 24.5 Å². The summed E-state index contributed by atoms with van der Waals surface area (Å²) >= 11 is 1.45. The van der Waals surface area contributed by atoms with Gasteiger partial charge >= 0.3 is 0 Å². The molecule has 2 aromatic heterocycles. The van der Waals surface area contributed by atoms with Gasteiger partial charge in [-0.2, -0.15) is 0 Å². The van der Waals surface area contributed by atoms with Crippen LogP contribution in [0.4, 0.5) is 0 Å². The van der Waals surface area contributed by atoms with Crippen LogP contribution in [-0.4, -0.2) is 22.4 Å². The Hall–Kier alpha value is -1.75. The van der Waals surface area contributed by atoms with Crippen molar-refractivity contribution in [2.24, 2.45) is 0 Å². The van der Waals surface area contributed by atoms with Gasteiger partial charge in [0.25, 0.3) is 5.91 Å². The summed E-state index contributed by atoms with van der Waals surface area (Å²) in [7, 11) is 0. The monoisotopic (exact) mass is 231 g/mol. The van der Waals surface area contributed by atoms with Gasteiger partial charge in [-0.3, -0.25) is 9.78 Å². The summed E-state index contributed by atoms with van der Waals surface area (Å²) in [5.74, 6) is -0.000874. The molecule has 0 unspecified atom stereocenters. The van der Waals surface area contributed by atoms with Crippen LogP contribution in [-0.2, 0) is 6.42 Å². The quantitative estimate of drug-likeness (QED) is 0.809. The number of fused-ring (bicyclic) bond motifs is 1. The van der Waals surface area contributed by atoms with E-state index in [-0.39, 0.29) is 5.91 Å². The van der Waals surface area contributed by atoms with E-state index in [1.165, 1.54) is 11.3 Å². The van der Waals surface area contributed by atoms with Gasteiger partial charge in [0.2, 0.25) is 0 Å². The van der Waals surface area contributed by atoms with Gasteiger partial charge in [-0.1, -0.05) is 0 Å². The molecule has 0 atom stereocenters. The number of carbonyl (C=O) groups is 1. The van der Waals surface area contributed by atoms with Crippen molar-refractivity contribution in [2.45, 2.75) is 6.42 Å². The number of pyridine rings is 1. The van der Waals surface area contributed by atoms with E-state index in [9.17, 15) is 4.79 Å². The van der Waals surface area contributed by atoms with E-state index in [1.807, 2.05) is 12.1 Å². The van der Waals surface area contributed by atoms with Gasteiger partial charge in [-0.15, -0.1) is 11.3 Å². The summed E-state index contributed by atoms with van der Waals surface area (Å²) < 4.78 is 0. The topological polar surface area (TPSA) is 54.9 Å². The lowest BCUT2D eigenvalue weighted by atomic mass is 10.2. The highest BCUT2D eigenvalue weighted by molar-refractivity contribution is 7.17. The van der Waals surface area contributed by atoms with Gasteiger partial charge < -0.3 is 5.32 Å². The van der Waals surface area contributed by atoms with E-state index in [0.29, 0.717) is 6.54 Å². The number of hydrogen-bond donors (Lipinski definition) is 1. The van der Waals surface area contributed by atoms with Gasteiger partial charge in [-0.25, -0.2) is 4.98 Å². The molecule has 0 saturated carbocycles. The van der Waals surface area contributed by atoms with Gasteiger partial charge in [-0.05, 0) is 12.1 Å². The maximum absolute atomic E-state index is 11.6. The zero-order valence-electron chi connectivity index (χ0n) is 8.43. The molecular weight excluding hydrogens is 222 g/mol. The third-order valence-electron chi connectivity index (χ3n) is 2.48. The second kappa shape index (κ2) is 3.68. The largest absolute Gasteiger partial charge is 0.351 e. The van der Waals surface area contributed by atoms with Crippen LogP contribution in [0.25, 0.3) is 10.6 Å². The third kappa shape index (κ3) is 1.49. The Morgan fingerprint density at radius 1 is 1.31 bits per heavy atom. The second-order valence-electron chi connectivity index (χ2n) is 3.54. The Kier molecular flexibility index (Phi) is 2.18. The van der Waals surface area contributed by atoms with E-state index in [2.05, 4.69) is 15.3 Å². The highest BCUT2D eigenvalue weighted by Gasteiger charge is 2.22. The average Bonchev–Trinajstić information content (AvgIpc) is 2.76. The molecule has 1 amide bonds. The minimum Gasteiger partial charge on any atom is -0.351 e. The van der Waals surface area contributed by atoms with Crippen LogP contribution >= 0.6 is 11.3 Å². The van der Waals surface area contributed by atoms with E-state index in [4.69, 9.17) is 0 Å². The first-order valence-electron chi connectivity index (χ1n) is 5.03. The molecule has 1 aliphatic rings. The summed E-state index contributed by atoms with van der Waals surface area (Å²) in [5.41, 5.74) is 1.93. The zero-order chi connectivity index (χ0) is 11.0. The fourth-order valence-corrected chi connectivity index (χ4v) is 2.72. The summed E-state index contributed by atoms with van der Waals surface area (Å²) in [6, 6.07) is 3.81. The Morgan fingerprint density at radius 3 is 2.88 bits per heavy atom. The van der Waals surface area contributed by atoms with Gasteiger partial charge in [0, 0.05) is 30.9 Å². The Morgan fingerprint density at radius 2 is 2.12 bits per heavy atom. The van der Waals surface area contributed by atoms with Crippen LogP contribution in [0.5, 0.6) is 0 Å². The van der Waals surface area contributed by atoms with Gasteiger partial charge in [0.15, 0.2) is 0 Å². The molecule has 4 nitrogen and oxygen atoms in total. The van der Waals surface area contributed by atoms with Crippen LogP contribution in [0.1, 0.15) is 15.4 Å². The predicted octanol–water partition coefficient (Wildman–Crippen LogP) is 1.49. The summed E-state index contributed by atoms with van der Waals surface area (Å²) in [6.45, 7) is 0.686. The number of nitrogens with zero attached hydrogens (tertiary/aromatic N) is 2. The Bertz CT molecular complexity index is 535. The summed E-state index contributed by atoms with van der Waals surface area (Å²) in [4.78, 5) is 20.8. The molecule has 2 aromatic rings. The van der Waals surface area contributed by atoms with Crippen LogP contribution in [0.2, 0.25) is 0 Å². The Balaban J connectivity index is 2.08. The highest BCUT2D eigenvalue weighted by atomic mass is 32.1. The van der Waals surface area contributed by atoms with Crippen LogP contribution < -0.4 is 5.32 Å². The van der Waals surface area contributed by atoms with Crippen LogP contribution in [0.3, 0.4) is 0 Å². The maximum Gasteiger partial charge on any atom is 0.263 e. The SMILES string of the molecule is O=C1NCCc2nc(-c3ccncc3)sc21. The van der Waals surface area contributed by atoms with Crippen LogP contribution in [0, 0.1) is 0 Å². The molecular formula is C11H9N3OS. The first kappa shape index (κ1) is 9.47. The fourth-order valence-electron chi connectivity index (χ4n) is 1.69. The lowest BCUT2D eigenvalue weighted by Gasteiger charge is -2.09. The average molecular weight is 231 g/mol. The second-order valence-corrected chi connectivity index (χ2v) is 4.54. The van der Waals surface area contributed by atoms with Gasteiger partial charge in [0.05, 0.1) is 5.69 Å². The number of thiazole rings is 1. The first-order valence-corrected chi connectivity index (χ1v) is 5.84. The molecule has 3 rings (SSSR count). The van der Waals surface area contributed by atoms with Crippen molar-refractivity contribution in [2.75, 3.05) is 6.54 Å². The van der Waals surface area contributed by atoms with Crippen molar-refractivity contribution in [3.63, 3.8) is 0 Å². The lowest BCUT2D eigenvalue weighted by Crippen LogP contribution is -2.30. The fraction of sp³-hybridized carbons (Fsp3) is 0.182. The standard InChI is InChI=1S/C11H9N3OS/c15-10-9-8(3-6-13-10)14-11(16-9)7-1-4-12-5-2-7/h1-2,4-5H,3,6H2,(H,13,15). The molecule has 0 radical (unpaired) electrons. The summed E-state index contributed by atoms with van der Waals surface area (Å²) in [5, 5.41) is 3.72. The molecule has 0 aliphatic carbocycles. The first-order chi connectivity index (χ1) is 7.84. The molecule has 5 heteroatoms. The number of hydrogen-bond acceptors (Lipinski definition) is 4. The molecule has 0 saturated heterocycles. The Labute approximate surface area is 96.4 Å². The van der Waals surface area contributed by atoms with Crippen molar-refractivity contribution in [3.05, 3.63) is 35.1 Å². The van der Waals surface area contributed by atoms with E-state index >= 15 is 0 Å². The minimum absolute atomic E-state index is 0.000874. The molecule has 80 valence electrons. The molecule has 1 aliphatic heterocycles. The lowest BCUT2D eigenvalue weighted by molar-refractivity contribution is 0.0950. The highest BCUT2D eigenvalue weighted by Crippen LogP contribution is 2.29. The van der Waals surface area contributed by atoms with Gasteiger partial charge in [0.1, 0.15) is 9.88 Å². The third-order valence-corrected chi connectivity index (χ3v) is 3.62. The van der Waals surface area contributed by atoms with Crippen molar-refractivity contribution >= 4 is 17.2 Å². The molecule has 0 fully saturated rings. The summed E-state index contributed by atoms with van der Waals surface area (Å²) in [6.07, 6.45) is 4.29.